The van der Waals surface area contributed by atoms with Gasteiger partial charge in [0.05, 0.1) is 25.4 Å². The van der Waals surface area contributed by atoms with Crippen LogP contribution in [0.15, 0.2) is 42.5 Å². The van der Waals surface area contributed by atoms with E-state index in [0.29, 0.717) is 36.8 Å². The Morgan fingerprint density at radius 1 is 1.24 bits per heavy atom. The average Bonchev–Trinajstić information content (AvgIpc) is 3.16. The molecule has 33 heavy (non-hydrogen) atoms. The van der Waals surface area contributed by atoms with E-state index in [1.54, 1.807) is 4.90 Å². The summed E-state index contributed by atoms with van der Waals surface area (Å²) >= 11 is 6.25. The van der Waals surface area contributed by atoms with Crippen molar-refractivity contribution in [3.63, 3.8) is 0 Å². The highest BCUT2D eigenvalue weighted by Crippen LogP contribution is 2.39. The third kappa shape index (κ3) is 5.11. The van der Waals surface area contributed by atoms with Crippen molar-refractivity contribution in [2.24, 2.45) is 0 Å². The number of halogens is 1. The van der Waals surface area contributed by atoms with E-state index in [9.17, 15) is 9.90 Å². The number of amides is 1. The van der Waals surface area contributed by atoms with Gasteiger partial charge in [0.1, 0.15) is 11.8 Å². The summed E-state index contributed by atoms with van der Waals surface area (Å²) in [4.78, 5) is 18.2. The van der Waals surface area contributed by atoms with Gasteiger partial charge in [-0.2, -0.15) is 0 Å². The quantitative estimate of drug-likeness (QED) is 0.472. The predicted molar refractivity (Wildman–Crippen MR) is 127 cm³/mol. The predicted octanol–water partition coefficient (Wildman–Crippen LogP) is 4.44. The molecule has 0 saturated heterocycles. The molecule has 0 fully saturated rings. The van der Waals surface area contributed by atoms with E-state index in [4.69, 9.17) is 26.2 Å². The lowest BCUT2D eigenvalue weighted by Gasteiger charge is -2.36. The SMILES string of the molecule is CC(C)OC(=O)N1CCc2c([nH]c3ccc(Cl)cc23)C1c1ccc(OCCC(O)CO)cc1. The maximum absolute atomic E-state index is 13.0. The second-order valence-electron chi connectivity index (χ2n) is 8.53. The van der Waals surface area contributed by atoms with E-state index in [1.165, 1.54) is 0 Å². The van der Waals surface area contributed by atoms with Gasteiger partial charge in [-0.05, 0) is 61.7 Å². The summed E-state index contributed by atoms with van der Waals surface area (Å²) < 4.78 is 11.2. The van der Waals surface area contributed by atoms with E-state index in [2.05, 4.69) is 4.98 Å². The third-order valence-electron chi connectivity index (χ3n) is 5.79. The zero-order valence-corrected chi connectivity index (χ0v) is 19.5. The van der Waals surface area contributed by atoms with Crippen molar-refractivity contribution in [2.45, 2.75) is 44.9 Å². The number of nitrogens with one attached hydrogen (secondary N) is 1. The van der Waals surface area contributed by atoms with Gasteiger partial charge in [-0.25, -0.2) is 4.79 Å². The Balaban J connectivity index is 1.66. The molecule has 3 aromatic rings. The Labute approximate surface area is 197 Å². The summed E-state index contributed by atoms with van der Waals surface area (Å²) in [6.45, 7) is 4.22. The van der Waals surface area contributed by atoms with Crippen molar-refractivity contribution in [3.05, 3.63) is 64.3 Å². The van der Waals surface area contributed by atoms with E-state index in [1.807, 2.05) is 56.3 Å². The van der Waals surface area contributed by atoms with Crippen LogP contribution in [-0.4, -0.2) is 58.2 Å². The molecule has 0 bridgehead atoms. The Kier molecular flexibility index (Phi) is 7.12. The van der Waals surface area contributed by atoms with E-state index in [-0.39, 0.29) is 24.8 Å². The number of aromatic amines is 1. The Bertz CT molecular complexity index is 1110. The summed E-state index contributed by atoms with van der Waals surface area (Å²) in [5.74, 6) is 0.652. The van der Waals surface area contributed by atoms with E-state index < -0.39 is 6.10 Å². The molecule has 7 nitrogen and oxygen atoms in total. The second kappa shape index (κ2) is 10.0. The topological polar surface area (TPSA) is 95.0 Å². The molecule has 0 aliphatic carbocycles. The number of carbonyl (C=O) groups excluding carboxylic acids is 1. The van der Waals surface area contributed by atoms with Crippen LogP contribution in [-0.2, 0) is 11.2 Å². The van der Waals surface area contributed by atoms with Gasteiger partial charge < -0.3 is 24.7 Å². The fourth-order valence-corrected chi connectivity index (χ4v) is 4.40. The van der Waals surface area contributed by atoms with Crippen LogP contribution in [0.25, 0.3) is 10.9 Å². The number of carbonyl (C=O) groups is 1. The molecule has 1 aliphatic rings. The highest BCUT2D eigenvalue weighted by molar-refractivity contribution is 6.31. The van der Waals surface area contributed by atoms with Crippen molar-refractivity contribution < 1.29 is 24.5 Å². The Hall–Kier alpha value is -2.74. The molecule has 0 saturated carbocycles. The Morgan fingerprint density at radius 3 is 2.70 bits per heavy atom. The fourth-order valence-electron chi connectivity index (χ4n) is 4.22. The van der Waals surface area contributed by atoms with Gasteiger partial charge in [-0.3, -0.25) is 4.90 Å². The van der Waals surface area contributed by atoms with Gasteiger partial charge in [0, 0.05) is 34.6 Å². The number of hydrogen-bond acceptors (Lipinski definition) is 5. The molecule has 176 valence electrons. The van der Waals surface area contributed by atoms with E-state index in [0.717, 1.165) is 27.7 Å². The van der Waals surface area contributed by atoms with Crippen LogP contribution in [0.1, 0.15) is 43.1 Å². The molecule has 2 unspecified atom stereocenters. The third-order valence-corrected chi connectivity index (χ3v) is 6.02. The van der Waals surface area contributed by atoms with Gasteiger partial charge in [0.2, 0.25) is 0 Å². The first-order chi connectivity index (χ1) is 15.9. The minimum absolute atomic E-state index is 0.217. The van der Waals surface area contributed by atoms with Gasteiger partial charge in [0.25, 0.3) is 0 Å². The lowest BCUT2D eigenvalue weighted by Crippen LogP contribution is -2.41. The molecule has 8 heteroatoms. The van der Waals surface area contributed by atoms with Crippen LogP contribution < -0.4 is 4.74 Å². The summed E-state index contributed by atoms with van der Waals surface area (Å²) in [7, 11) is 0. The van der Waals surface area contributed by atoms with E-state index >= 15 is 0 Å². The van der Waals surface area contributed by atoms with Crippen LogP contribution in [0.5, 0.6) is 5.75 Å². The molecule has 2 atom stereocenters. The molecule has 1 amide bonds. The monoisotopic (exact) mass is 472 g/mol. The van der Waals surface area contributed by atoms with Crippen molar-refractivity contribution in [1.29, 1.82) is 0 Å². The summed E-state index contributed by atoms with van der Waals surface area (Å²) in [5.41, 5.74) is 4.02. The first kappa shape index (κ1) is 23.4. The number of benzene rings is 2. The smallest absolute Gasteiger partial charge is 0.410 e. The number of aliphatic hydroxyl groups is 2. The minimum atomic E-state index is -0.791. The summed E-state index contributed by atoms with van der Waals surface area (Å²) in [5, 5.41) is 20.1. The number of ether oxygens (including phenoxy) is 2. The molecule has 4 rings (SSSR count). The molecular formula is C25H29ClN2O5. The number of hydrogen-bond donors (Lipinski definition) is 3. The summed E-state index contributed by atoms with van der Waals surface area (Å²) in [6, 6.07) is 13.0. The number of aliphatic hydroxyl groups excluding tert-OH is 2. The summed E-state index contributed by atoms with van der Waals surface area (Å²) in [6.07, 6.45) is -0.313. The van der Waals surface area contributed by atoms with Gasteiger partial charge >= 0.3 is 6.09 Å². The first-order valence-electron chi connectivity index (χ1n) is 11.2. The van der Waals surface area contributed by atoms with Gasteiger partial charge in [-0.15, -0.1) is 0 Å². The molecule has 1 aromatic heterocycles. The zero-order chi connectivity index (χ0) is 23.5. The van der Waals surface area contributed by atoms with Crippen molar-refractivity contribution in [1.82, 2.24) is 9.88 Å². The largest absolute Gasteiger partial charge is 0.493 e. The molecule has 3 N–H and O–H groups in total. The highest BCUT2D eigenvalue weighted by Gasteiger charge is 2.35. The van der Waals surface area contributed by atoms with Gasteiger partial charge in [-0.1, -0.05) is 23.7 Å². The number of fused-ring (bicyclic) bond motifs is 3. The normalized spacial score (nSPS) is 16.7. The average molecular weight is 473 g/mol. The fraction of sp³-hybridized carbons (Fsp3) is 0.400. The maximum atomic E-state index is 13.0. The molecule has 2 heterocycles. The molecule has 0 spiro atoms. The van der Waals surface area contributed by atoms with Crippen molar-refractivity contribution >= 4 is 28.6 Å². The zero-order valence-electron chi connectivity index (χ0n) is 18.8. The molecule has 1 aliphatic heterocycles. The minimum Gasteiger partial charge on any atom is -0.493 e. The van der Waals surface area contributed by atoms with Crippen LogP contribution in [0.3, 0.4) is 0 Å². The van der Waals surface area contributed by atoms with Crippen LogP contribution in [0, 0.1) is 0 Å². The van der Waals surface area contributed by atoms with Crippen molar-refractivity contribution in [2.75, 3.05) is 19.8 Å². The van der Waals surface area contributed by atoms with Crippen LogP contribution >= 0.6 is 11.6 Å². The molecule has 0 radical (unpaired) electrons. The lowest BCUT2D eigenvalue weighted by molar-refractivity contribution is 0.0655. The maximum Gasteiger partial charge on any atom is 0.410 e. The molecular weight excluding hydrogens is 444 g/mol. The first-order valence-corrected chi connectivity index (χ1v) is 11.5. The highest BCUT2D eigenvalue weighted by atomic mass is 35.5. The van der Waals surface area contributed by atoms with Crippen LogP contribution in [0.2, 0.25) is 5.02 Å². The second-order valence-corrected chi connectivity index (χ2v) is 8.96. The number of aromatic nitrogens is 1. The van der Waals surface area contributed by atoms with Crippen LogP contribution in [0.4, 0.5) is 4.79 Å². The lowest BCUT2D eigenvalue weighted by atomic mass is 9.92. The Morgan fingerprint density at radius 2 is 2.00 bits per heavy atom. The molecule has 2 aromatic carbocycles. The van der Waals surface area contributed by atoms with Gasteiger partial charge in [0.15, 0.2) is 0 Å². The number of H-pyrrole nitrogens is 1. The number of nitrogens with zero attached hydrogens (tertiary/aromatic N) is 1. The van der Waals surface area contributed by atoms with Crippen molar-refractivity contribution in [3.8, 4) is 5.75 Å². The standard InChI is InChI=1S/C25H29ClN2O5/c1-15(2)33-25(31)28-11-9-20-21-13-17(26)5-8-22(21)27-23(20)24(28)16-3-6-19(7-4-16)32-12-10-18(30)14-29/h3-8,13,15,18,24,27,29-30H,9-12,14H2,1-2H3. The number of rotatable bonds is 7.